The molecule has 0 amide bonds. The van der Waals surface area contributed by atoms with Gasteiger partial charge in [0.15, 0.2) is 5.70 Å². The predicted molar refractivity (Wildman–Crippen MR) is 73.0 cm³/mol. The number of benzene rings is 1. The van der Waals surface area contributed by atoms with Crippen molar-refractivity contribution < 1.29 is 0 Å². The maximum absolute atomic E-state index is 8.87. The van der Waals surface area contributed by atoms with E-state index in [4.69, 9.17) is 16.3 Å². The number of aliphatic imine (C=N–C) groups is 1. The molecule has 0 radical (unpaired) electrons. The van der Waals surface area contributed by atoms with Crippen LogP contribution in [0.3, 0.4) is 0 Å². The first kappa shape index (κ1) is 12.4. The van der Waals surface area contributed by atoms with E-state index in [0.29, 0.717) is 0 Å². The second-order valence-electron chi connectivity index (χ2n) is 3.96. The largest absolute Gasteiger partial charge is 0.388 e. The molecule has 0 aliphatic rings. The van der Waals surface area contributed by atoms with Gasteiger partial charge >= 0.3 is 0 Å². The molecule has 0 spiro atoms. The average molecular weight is 249 g/mol. The first-order chi connectivity index (χ1) is 9.17. The molecule has 19 heavy (non-hydrogen) atoms. The van der Waals surface area contributed by atoms with E-state index in [9.17, 15) is 0 Å². The Morgan fingerprint density at radius 3 is 2.74 bits per heavy atom. The van der Waals surface area contributed by atoms with Gasteiger partial charge in [0.2, 0.25) is 0 Å². The fourth-order valence-corrected chi connectivity index (χ4v) is 1.82. The van der Waals surface area contributed by atoms with Crippen molar-refractivity contribution in [2.24, 2.45) is 17.8 Å². The van der Waals surface area contributed by atoms with Gasteiger partial charge in [-0.05, 0) is 6.07 Å². The Hall–Kier alpha value is -3.05. The molecule has 0 aliphatic heterocycles. The summed E-state index contributed by atoms with van der Waals surface area (Å²) in [4.78, 5) is 3.98. The van der Waals surface area contributed by atoms with E-state index in [1.165, 1.54) is 0 Å². The first-order valence-corrected chi connectivity index (χ1v) is 5.55. The number of allylic oxidation sites excluding steroid dienone is 2. The number of nitrogens with two attached hydrogens (primary N) is 1. The molecule has 1 aromatic carbocycles. The van der Waals surface area contributed by atoms with Crippen LogP contribution in [0.2, 0.25) is 0 Å². The van der Waals surface area contributed by atoms with E-state index in [1.807, 2.05) is 42.1 Å². The van der Waals surface area contributed by atoms with E-state index >= 15 is 0 Å². The molecule has 0 aliphatic carbocycles. The molecule has 0 atom stereocenters. The third-order valence-corrected chi connectivity index (χ3v) is 2.74. The van der Waals surface area contributed by atoms with Crippen molar-refractivity contribution in [2.45, 2.75) is 0 Å². The third kappa shape index (κ3) is 2.31. The van der Waals surface area contributed by atoms with Gasteiger partial charge in [-0.2, -0.15) is 10.5 Å². The fraction of sp³-hybridized carbons (Fsp3) is 0.0714. The number of aryl methyl sites for hydroxylation is 1. The standard InChI is InChI=1S/C14H11N5/c1-19-9-10(11-4-2-3-5-14(11)19)8-18-13(7-16)12(17)6-15/h2-5,8-9H,17H2,1H3. The molecular formula is C14H11N5. The number of hydrogen-bond acceptors (Lipinski definition) is 4. The lowest BCUT2D eigenvalue weighted by Gasteiger charge is -1.93. The quantitative estimate of drug-likeness (QED) is 0.650. The number of rotatable bonds is 2. The lowest BCUT2D eigenvalue weighted by Crippen LogP contribution is -1.97. The van der Waals surface area contributed by atoms with Crippen LogP contribution in [-0.4, -0.2) is 10.8 Å². The zero-order chi connectivity index (χ0) is 13.8. The van der Waals surface area contributed by atoms with Gasteiger partial charge < -0.3 is 10.3 Å². The van der Waals surface area contributed by atoms with Crippen LogP contribution in [0, 0.1) is 22.7 Å². The first-order valence-electron chi connectivity index (χ1n) is 5.55. The van der Waals surface area contributed by atoms with Gasteiger partial charge in [0, 0.05) is 35.9 Å². The smallest absolute Gasteiger partial charge is 0.174 e. The van der Waals surface area contributed by atoms with Crippen LogP contribution in [0.4, 0.5) is 0 Å². The van der Waals surface area contributed by atoms with Crippen LogP contribution < -0.4 is 5.73 Å². The third-order valence-electron chi connectivity index (χ3n) is 2.74. The summed E-state index contributed by atoms with van der Waals surface area (Å²) in [5.74, 6) is 0. The molecule has 5 nitrogen and oxygen atoms in total. The molecule has 0 saturated heterocycles. The van der Waals surface area contributed by atoms with Crippen LogP contribution in [0.25, 0.3) is 10.9 Å². The summed E-state index contributed by atoms with van der Waals surface area (Å²) >= 11 is 0. The van der Waals surface area contributed by atoms with Crippen molar-refractivity contribution in [1.29, 1.82) is 10.5 Å². The van der Waals surface area contributed by atoms with Gasteiger partial charge in [0.25, 0.3) is 0 Å². The lowest BCUT2D eigenvalue weighted by atomic mass is 10.2. The molecule has 0 unspecified atom stereocenters. The van der Waals surface area contributed by atoms with Gasteiger partial charge in [-0.25, -0.2) is 4.99 Å². The highest BCUT2D eigenvalue weighted by molar-refractivity contribution is 5.99. The average Bonchev–Trinajstić information content (AvgIpc) is 2.76. The zero-order valence-corrected chi connectivity index (χ0v) is 10.3. The van der Waals surface area contributed by atoms with Gasteiger partial charge in [-0.15, -0.1) is 0 Å². The Bertz CT molecular complexity index is 765. The van der Waals surface area contributed by atoms with E-state index in [-0.39, 0.29) is 11.4 Å². The Morgan fingerprint density at radius 2 is 2.05 bits per heavy atom. The summed E-state index contributed by atoms with van der Waals surface area (Å²) in [5.41, 5.74) is 7.07. The molecule has 92 valence electrons. The second kappa shape index (κ2) is 5.07. The van der Waals surface area contributed by atoms with Crippen molar-refractivity contribution in [3.05, 3.63) is 47.4 Å². The van der Waals surface area contributed by atoms with Crippen molar-refractivity contribution in [2.75, 3.05) is 0 Å². The Balaban J connectivity index is 2.49. The van der Waals surface area contributed by atoms with Gasteiger partial charge in [0.1, 0.15) is 17.8 Å². The number of aromatic nitrogens is 1. The molecule has 2 N–H and O–H groups in total. The summed E-state index contributed by atoms with van der Waals surface area (Å²) < 4.78 is 1.97. The molecule has 5 heteroatoms. The van der Waals surface area contributed by atoms with Crippen LogP contribution in [0.5, 0.6) is 0 Å². The zero-order valence-electron chi connectivity index (χ0n) is 10.3. The van der Waals surface area contributed by atoms with Crippen LogP contribution in [-0.2, 0) is 7.05 Å². The summed E-state index contributed by atoms with van der Waals surface area (Å²) in [6.45, 7) is 0. The van der Waals surface area contributed by atoms with Crippen molar-refractivity contribution in [3.8, 4) is 12.1 Å². The summed E-state index contributed by atoms with van der Waals surface area (Å²) in [6, 6.07) is 11.4. The highest BCUT2D eigenvalue weighted by atomic mass is 14.9. The van der Waals surface area contributed by atoms with Crippen molar-refractivity contribution in [1.82, 2.24) is 4.57 Å². The van der Waals surface area contributed by atoms with Crippen molar-refractivity contribution in [3.63, 3.8) is 0 Å². The monoisotopic (exact) mass is 249 g/mol. The van der Waals surface area contributed by atoms with E-state index in [0.717, 1.165) is 16.5 Å². The molecule has 2 rings (SSSR count). The molecule has 0 saturated carbocycles. The van der Waals surface area contributed by atoms with Gasteiger partial charge in [0.05, 0.1) is 0 Å². The highest BCUT2D eigenvalue weighted by Crippen LogP contribution is 2.18. The fourth-order valence-electron chi connectivity index (χ4n) is 1.82. The van der Waals surface area contributed by atoms with E-state index < -0.39 is 0 Å². The minimum Gasteiger partial charge on any atom is -0.388 e. The summed E-state index contributed by atoms with van der Waals surface area (Å²) in [6.07, 6.45) is 3.46. The van der Waals surface area contributed by atoms with E-state index in [1.54, 1.807) is 18.4 Å². The highest BCUT2D eigenvalue weighted by Gasteiger charge is 2.04. The SMILES string of the molecule is Cn1cc(C=NC(C#N)=C(N)C#N)c2ccccc21. The normalized spacial score (nSPS) is 12.2. The number of nitrogens with zero attached hydrogens (tertiary/aromatic N) is 4. The molecule has 1 aromatic heterocycles. The van der Waals surface area contributed by atoms with Crippen LogP contribution >= 0.6 is 0 Å². The number of para-hydroxylation sites is 1. The predicted octanol–water partition coefficient (Wildman–Crippen LogP) is 1.81. The lowest BCUT2D eigenvalue weighted by molar-refractivity contribution is 0.968. The number of hydrogen-bond donors (Lipinski definition) is 1. The summed E-state index contributed by atoms with van der Waals surface area (Å²) in [7, 11) is 1.93. The molecule has 0 fully saturated rings. The minimum atomic E-state index is -0.181. The topological polar surface area (TPSA) is 90.9 Å². The Morgan fingerprint density at radius 1 is 1.32 bits per heavy atom. The molecule has 2 aromatic rings. The Labute approximate surface area is 110 Å². The number of nitriles is 2. The molecule has 1 heterocycles. The van der Waals surface area contributed by atoms with Crippen LogP contribution in [0.1, 0.15) is 5.56 Å². The summed E-state index contributed by atoms with van der Waals surface area (Å²) in [5, 5.41) is 18.5. The van der Waals surface area contributed by atoms with Crippen LogP contribution in [0.15, 0.2) is 46.8 Å². The maximum atomic E-state index is 8.87. The van der Waals surface area contributed by atoms with Crippen molar-refractivity contribution >= 4 is 17.1 Å². The number of fused-ring (bicyclic) bond motifs is 1. The molecular weight excluding hydrogens is 238 g/mol. The minimum absolute atomic E-state index is 0.0737. The van der Waals surface area contributed by atoms with E-state index in [2.05, 4.69) is 4.99 Å². The Kier molecular flexibility index (Phi) is 3.31. The van der Waals surface area contributed by atoms with Gasteiger partial charge in [-0.1, -0.05) is 18.2 Å². The second-order valence-corrected chi connectivity index (χ2v) is 3.96. The van der Waals surface area contributed by atoms with Gasteiger partial charge in [-0.3, -0.25) is 0 Å². The maximum Gasteiger partial charge on any atom is 0.174 e. The molecule has 0 bridgehead atoms.